The summed E-state index contributed by atoms with van der Waals surface area (Å²) < 4.78 is 26.2. The number of likely N-dealkylation sites (tertiary alicyclic amines) is 1. The van der Waals surface area contributed by atoms with Gasteiger partial charge >= 0.3 is 0 Å². The normalized spacial score (nSPS) is 18.7. The minimum absolute atomic E-state index is 0.0750. The number of Topliss-reactive ketones (excluding diaryl/α,β-unsaturated/α-hetero) is 2. The molecule has 1 aromatic carbocycles. The van der Waals surface area contributed by atoms with E-state index < -0.39 is 45.1 Å². The summed E-state index contributed by atoms with van der Waals surface area (Å²) in [6.45, 7) is 1.97. The average Bonchev–Trinajstić information content (AvgIpc) is 3.24. The molecule has 2 rings (SSSR count). The minimum atomic E-state index is -3.71. The lowest BCUT2D eigenvalue weighted by atomic mass is 9.87. The predicted octanol–water partition coefficient (Wildman–Crippen LogP) is -0.953. The average molecular weight is 495 g/mol. The number of hydrogen-bond donors (Lipinski definition) is 4. The number of amides is 1. The van der Waals surface area contributed by atoms with Crippen molar-refractivity contribution in [1.82, 2.24) is 9.62 Å². The third-order valence-corrected chi connectivity index (χ3v) is 6.38. The third-order valence-electron chi connectivity index (χ3n) is 5.67. The molecule has 0 unspecified atom stereocenters. The largest absolute Gasteiger partial charge is 0.370 e. The van der Waals surface area contributed by atoms with E-state index in [2.05, 4.69) is 9.71 Å². The lowest BCUT2D eigenvalue weighted by molar-refractivity contribution is -0.145. The molecule has 1 aromatic rings. The van der Waals surface area contributed by atoms with E-state index in [4.69, 9.17) is 17.2 Å². The number of guanidine groups is 1. The first-order valence-electron chi connectivity index (χ1n) is 11.1. The van der Waals surface area contributed by atoms with Crippen LogP contribution in [0.25, 0.3) is 0 Å². The topological polar surface area (TPSA) is 191 Å². The molecule has 1 aliphatic heterocycles. The monoisotopic (exact) mass is 494 g/mol. The summed E-state index contributed by atoms with van der Waals surface area (Å²) in [5.74, 6) is -2.16. The predicted molar refractivity (Wildman–Crippen MR) is 129 cm³/mol. The molecule has 1 heterocycles. The van der Waals surface area contributed by atoms with Crippen LogP contribution in [0.1, 0.15) is 38.2 Å². The summed E-state index contributed by atoms with van der Waals surface area (Å²) in [5, 5.41) is 0. The number of nitrogens with one attached hydrogen (secondary N) is 1. The van der Waals surface area contributed by atoms with Gasteiger partial charge in [0.05, 0.1) is 17.8 Å². The third kappa shape index (κ3) is 7.89. The Morgan fingerprint density at radius 3 is 2.47 bits per heavy atom. The highest BCUT2D eigenvalue weighted by Gasteiger charge is 2.43. The van der Waals surface area contributed by atoms with Gasteiger partial charge < -0.3 is 22.1 Å². The summed E-state index contributed by atoms with van der Waals surface area (Å²) in [7, 11) is -3.71. The van der Waals surface area contributed by atoms with Gasteiger partial charge in [0, 0.05) is 13.1 Å². The summed E-state index contributed by atoms with van der Waals surface area (Å²) >= 11 is 0. The van der Waals surface area contributed by atoms with Crippen LogP contribution in [0.3, 0.4) is 0 Å². The molecule has 0 aromatic heterocycles. The van der Waals surface area contributed by atoms with Crippen LogP contribution in [0.4, 0.5) is 0 Å². The zero-order valence-corrected chi connectivity index (χ0v) is 20.4. The molecule has 12 heteroatoms. The van der Waals surface area contributed by atoms with Crippen molar-refractivity contribution in [2.24, 2.45) is 22.2 Å². The van der Waals surface area contributed by atoms with Crippen LogP contribution in [-0.2, 0) is 30.8 Å². The van der Waals surface area contributed by atoms with Crippen molar-refractivity contribution in [1.29, 1.82) is 0 Å². The van der Waals surface area contributed by atoms with Crippen molar-refractivity contribution in [3.8, 4) is 0 Å². The molecular formula is C22H34N6O5S. The van der Waals surface area contributed by atoms with Crippen LogP contribution in [0.15, 0.2) is 35.3 Å². The molecule has 0 aliphatic carbocycles. The van der Waals surface area contributed by atoms with E-state index in [-0.39, 0.29) is 31.9 Å². The fourth-order valence-electron chi connectivity index (χ4n) is 3.99. The van der Waals surface area contributed by atoms with Gasteiger partial charge in [0.1, 0.15) is 6.04 Å². The number of nitrogens with two attached hydrogens (primary N) is 3. The molecule has 1 aliphatic rings. The van der Waals surface area contributed by atoms with E-state index in [1.165, 1.54) is 11.8 Å². The maximum absolute atomic E-state index is 13.4. The Kier molecular flexibility index (Phi) is 9.30. The summed E-state index contributed by atoms with van der Waals surface area (Å²) in [6, 6.07) is 6.85. The van der Waals surface area contributed by atoms with E-state index in [1.807, 2.05) is 6.07 Å². The second kappa shape index (κ2) is 11.5. The molecule has 0 saturated carbocycles. The number of benzene rings is 1. The fourth-order valence-corrected chi connectivity index (χ4v) is 4.69. The number of hydrogen-bond acceptors (Lipinski definition) is 7. The van der Waals surface area contributed by atoms with Crippen molar-refractivity contribution >= 4 is 33.5 Å². The molecule has 1 saturated heterocycles. The summed E-state index contributed by atoms with van der Waals surface area (Å²) in [4.78, 5) is 44.5. The van der Waals surface area contributed by atoms with Crippen LogP contribution in [-0.4, -0.2) is 73.7 Å². The van der Waals surface area contributed by atoms with Gasteiger partial charge in [0.2, 0.25) is 27.5 Å². The zero-order valence-electron chi connectivity index (χ0n) is 19.6. The molecule has 7 N–H and O–H groups in total. The van der Waals surface area contributed by atoms with Crippen LogP contribution in [0, 0.1) is 0 Å². The first-order valence-corrected chi connectivity index (χ1v) is 13.0. The first-order chi connectivity index (χ1) is 15.8. The number of carbonyl (C=O) groups is 3. The van der Waals surface area contributed by atoms with Crippen LogP contribution < -0.4 is 21.9 Å². The second-order valence-electron chi connectivity index (χ2n) is 8.84. The smallest absolute Gasteiger partial charge is 0.241 e. The van der Waals surface area contributed by atoms with Gasteiger partial charge in [-0.3, -0.25) is 19.4 Å². The van der Waals surface area contributed by atoms with E-state index in [0.717, 1.165) is 11.8 Å². The van der Waals surface area contributed by atoms with Crippen molar-refractivity contribution in [3.63, 3.8) is 0 Å². The van der Waals surface area contributed by atoms with Crippen LogP contribution >= 0.6 is 0 Å². The quantitative estimate of drug-likeness (QED) is 0.124. The number of sulfonamides is 1. The molecule has 188 valence electrons. The highest BCUT2D eigenvalue weighted by atomic mass is 32.2. The van der Waals surface area contributed by atoms with Crippen molar-refractivity contribution < 1.29 is 22.8 Å². The highest BCUT2D eigenvalue weighted by Crippen LogP contribution is 2.23. The standard InChI is InChI=1S/C22H34N6O5S/c1-22(25,11-7-12-26-21(23)24)19(30)18(29)17-10-6-13-28(17)20(31)16(27-34(2,32)33)14-15-8-4-3-5-9-15/h3-5,8-9,16-17,27H,6-7,10-14,25H2,1-2H3,(H4,23,24,26)/t16-,17-,22-/m0/s1. The lowest BCUT2D eigenvalue weighted by Crippen LogP contribution is -2.56. The molecule has 0 spiro atoms. The summed E-state index contributed by atoms with van der Waals surface area (Å²) in [5.41, 5.74) is 16.0. The Morgan fingerprint density at radius 2 is 1.88 bits per heavy atom. The maximum atomic E-state index is 13.4. The Morgan fingerprint density at radius 1 is 1.24 bits per heavy atom. The minimum Gasteiger partial charge on any atom is -0.370 e. The van der Waals surface area contributed by atoms with E-state index in [9.17, 15) is 22.8 Å². The summed E-state index contributed by atoms with van der Waals surface area (Å²) in [6.07, 6.45) is 2.47. The van der Waals surface area contributed by atoms with Gasteiger partial charge in [0.15, 0.2) is 5.96 Å². The number of aliphatic imine (C=N–C) groups is 1. The number of ketones is 2. The van der Waals surface area contributed by atoms with Crippen molar-refractivity contribution in [2.75, 3.05) is 19.3 Å². The van der Waals surface area contributed by atoms with Gasteiger partial charge in [-0.2, -0.15) is 0 Å². The Hall–Kier alpha value is -2.83. The number of rotatable bonds is 12. The molecule has 0 bridgehead atoms. The molecule has 34 heavy (non-hydrogen) atoms. The van der Waals surface area contributed by atoms with Gasteiger partial charge in [0.25, 0.3) is 0 Å². The zero-order chi connectivity index (χ0) is 25.5. The Labute approximate surface area is 200 Å². The van der Waals surface area contributed by atoms with Gasteiger partial charge in [-0.05, 0) is 44.6 Å². The number of carbonyl (C=O) groups excluding carboxylic acids is 3. The SMILES string of the molecule is C[C@](N)(CCCN=C(N)N)C(=O)C(=O)[C@@H]1CCCN1C(=O)[C@H](Cc1ccccc1)NS(C)(=O)=O. The molecule has 0 radical (unpaired) electrons. The molecule has 1 fully saturated rings. The Bertz CT molecular complexity index is 1020. The van der Waals surface area contributed by atoms with Gasteiger partial charge in [-0.1, -0.05) is 30.3 Å². The van der Waals surface area contributed by atoms with Gasteiger partial charge in [-0.15, -0.1) is 0 Å². The van der Waals surface area contributed by atoms with E-state index in [1.54, 1.807) is 24.3 Å². The molecule has 1 amide bonds. The molecule has 11 nitrogen and oxygen atoms in total. The van der Waals surface area contributed by atoms with E-state index >= 15 is 0 Å². The maximum Gasteiger partial charge on any atom is 0.241 e. The number of nitrogens with zero attached hydrogens (tertiary/aromatic N) is 2. The fraction of sp³-hybridized carbons (Fsp3) is 0.545. The van der Waals surface area contributed by atoms with Crippen LogP contribution in [0.2, 0.25) is 0 Å². The second-order valence-corrected chi connectivity index (χ2v) is 10.6. The van der Waals surface area contributed by atoms with Crippen LogP contribution in [0.5, 0.6) is 0 Å². The lowest BCUT2D eigenvalue weighted by Gasteiger charge is -2.30. The highest BCUT2D eigenvalue weighted by molar-refractivity contribution is 7.88. The first kappa shape index (κ1) is 27.4. The van der Waals surface area contributed by atoms with Crippen molar-refractivity contribution in [2.45, 2.75) is 56.7 Å². The van der Waals surface area contributed by atoms with Gasteiger partial charge in [-0.25, -0.2) is 13.1 Å². The molecular weight excluding hydrogens is 460 g/mol. The Balaban J connectivity index is 2.16. The van der Waals surface area contributed by atoms with Crippen molar-refractivity contribution in [3.05, 3.63) is 35.9 Å². The van der Waals surface area contributed by atoms with E-state index in [0.29, 0.717) is 19.3 Å². The molecule has 3 atom stereocenters.